The summed E-state index contributed by atoms with van der Waals surface area (Å²) in [6.07, 6.45) is 0. The lowest BCUT2D eigenvalue weighted by atomic mass is 10.1. The number of halogens is 1. The van der Waals surface area contributed by atoms with Gasteiger partial charge in [-0.25, -0.2) is 0 Å². The highest BCUT2D eigenvalue weighted by atomic mass is 35.5. The number of nitriles is 1. The van der Waals surface area contributed by atoms with E-state index in [-0.39, 0.29) is 0 Å². The van der Waals surface area contributed by atoms with E-state index in [9.17, 15) is 0 Å². The Morgan fingerprint density at radius 3 is 2.59 bits per heavy atom. The van der Waals surface area contributed by atoms with Gasteiger partial charge in [-0.05, 0) is 42.0 Å². The average Bonchev–Trinajstić information content (AvgIpc) is 2.38. The molecular formula is C14H11ClN2. The van der Waals surface area contributed by atoms with Crippen molar-refractivity contribution in [2.45, 2.75) is 6.54 Å². The maximum Gasteiger partial charge on any atom is 0.0991 e. The minimum atomic E-state index is 0.681. The second kappa shape index (κ2) is 5.38. The summed E-state index contributed by atoms with van der Waals surface area (Å²) in [6, 6.07) is 17.2. The van der Waals surface area contributed by atoms with Crippen LogP contribution in [0, 0.1) is 11.3 Å². The Kier molecular flexibility index (Phi) is 3.64. The molecule has 0 aromatic heterocycles. The first-order chi connectivity index (χ1) is 8.28. The summed E-state index contributed by atoms with van der Waals surface area (Å²) in [5.74, 6) is 0. The van der Waals surface area contributed by atoms with Crippen LogP contribution in [0.1, 0.15) is 11.1 Å². The molecule has 0 radical (unpaired) electrons. The molecule has 0 aliphatic carbocycles. The van der Waals surface area contributed by atoms with Crippen LogP contribution in [-0.2, 0) is 6.54 Å². The molecule has 2 rings (SSSR count). The highest BCUT2D eigenvalue weighted by molar-refractivity contribution is 6.30. The van der Waals surface area contributed by atoms with Crippen LogP contribution >= 0.6 is 11.6 Å². The normalized spacial score (nSPS) is 9.65. The van der Waals surface area contributed by atoms with Crippen LogP contribution in [0.4, 0.5) is 5.69 Å². The molecule has 2 aromatic rings. The molecule has 0 aliphatic rings. The van der Waals surface area contributed by atoms with Gasteiger partial charge in [0.25, 0.3) is 0 Å². The third-order valence-corrected chi connectivity index (χ3v) is 2.65. The first-order valence-corrected chi connectivity index (χ1v) is 5.64. The van der Waals surface area contributed by atoms with Crippen molar-refractivity contribution in [3.05, 3.63) is 64.7 Å². The number of anilines is 1. The molecule has 0 saturated heterocycles. The molecule has 0 amide bonds. The zero-order valence-electron chi connectivity index (χ0n) is 9.15. The molecule has 0 saturated carbocycles. The number of nitrogens with zero attached hydrogens (tertiary/aromatic N) is 1. The van der Waals surface area contributed by atoms with Crippen molar-refractivity contribution in [1.82, 2.24) is 0 Å². The average molecular weight is 243 g/mol. The number of rotatable bonds is 3. The molecule has 0 aliphatic heterocycles. The molecular weight excluding hydrogens is 232 g/mol. The van der Waals surface area contributed by atoms with E-state index in [1.165, 1.54) is 0 Å². The molecule has 84 valence electrons. The largest absolute Gasteiger partial charge is 0.381 e. The predicted octanol–water partition coefficient (Wildman–Crippen LogP) is 3.82. The lowest BCUT2D eigenvalue weighted by Crippen LogP contribution is -1.99. The van der Waals surface area contributed by atoms with Gasteiger partial charge in [0, 0.05) is 17.3 Å². The highest BCUT2D eigenvalue weighted by Crippen LogP contribution is 2.14. The van der Waals surface area contributed by atoms with Gasteiger partial charge < -0.3 is 5.32 Å². The zero-order chi connectivity index (χ0) is 12.1. The van der Waals surface area contributed by atoms with E-state index in [4.69, 9.17) is 16.9 Å². The van der Waals surface area contributed by atoms with Crippen LogP contribution in [0.15, 0.2) is 48.5 Å². The monoisotopic (exact) mass is 242 g/mol. The number of benzene rings is 2. The van der Waals surface area contributed by atoms with E-state index in [0.29, 0.717) is 12.1 Å². The smallest absolute Gasteiger partial charge is 0.0991 e. The van der Waals surface area contributed by atoms with E-state index in [0.717, 1.165) is 16.3 Å². The van der Waals surface area contributed by atoms with Gasteiger partial charge in [0.2, 0.25) is 0 Å². The van der Waals surface area contributed by atoms with Gasteiger partial charge in [-0.2, -0.15) is 5.26 Å². The maximum atomic E-state index is 8.79. The summed E-state index contributed by atoms with van der Waals surface area (Å²) in [5.41, 5.74) is 2.77. The van der Waals surface area contributed by atoms with Gasteiger partial charge in [0.05, 0.1) is 11.6 Å². The fourth-order valence-electron chi connectivity index (χ4n) is 1.52. The Morgan fingerprint density at radius 1 is 1.12 bits per heavy atom. The first kappa shape index (κ1) is 11.5. The molecule has 2 aromatic carbocycles. The van der Waals surface area contributed by atoms with E-state index >= 15 is 0 Å². The number of nitrogens with one attached hydrogen (secondary N) is 1. The molecule has 1 N–H and O–H groups in total. The fourth-order valence-corrected chi connectivity index (χ4v) is 1.65. The van der Waals surface area contributed by atoms with Crippen LogP contribution in [0.2, 0.25) is 5.02 Å². The van der Waals surface area contributed by atoms with Crippen molar-refractivity contribution in [3.8, 4) is 6.07 Å². The molecule has 17 heavy (non-hydrogen) atoms. The minimum absolute atomic E-state index is 0.681. The van der Waals surface area contributed by atoms with Crippen molar-refractivity contribution < 1.29 is 0 Å². The van der Waals surface area contributed by atoms with Crippen molar-refractivity contribution >= 4 is 17.3 Å². The second-order valence-corrected chi connectivity index (χ2v) is 4.11. The van der Waals surface area contributed by atoms with E-state index in [1.54, 1.807) is 6.07 Å². The molecule has 0 bridgehead atoms. The van der Waals surface area contributed by atoms with Crippen LogP contribution in [-0.4, -0.2) is 0 Å². The van der Waals surface area contributed by atoms with Gasteiger partial charge in [-0.3, -0.25) is 0 Å². The van der Waals surface area contributed by atoms with E-state index in [1.807, 2.05) is 42.5 Å². The summed E-state index contributed by atoms with van der Waals surface area (Å²) in [7, 11) is 0. The quantitative estimate of drug-likeness (QED) is 0.888. The standard InChI is InChI=1S/C14H11ClN2/c15-13-4-6-14(7-5-13)17-10-12-3-1-2-11(8-12)9-16/h1-8,17H,10H2. The van der Waals surface area contributed by atoms with Gasteiger partial charge in [-0.1, -0.05) is 23.7 Å². The van der Waals surface area contributed by atoms with E-state index < -0.39 is 0 Å². The first-order valence-electron chi connectivity index (χ1n) is 5.26. The Hall–Kier alpha value is -1.98. The molecule has 2 nitrogen and oxygen atoms in total. The maximum absolute atomic E-state index is 8.79. The lowest BCUT2D eigenvalue weighted by Gasteiger charge is -2.06. The summed E-state index contributed by atoms with van der Waals surface area (Å²) in [6.45, 7) is 0.692. The van der Waals surface area contributed by atoms with Gasteiger partial charge in [0.1, 0.15) is 0 Å². The second-order valence-electron chi connectivity index (χ2n) is 3.67. The molecule has 0 fully saturated rings. The van der Waals surface area contributed by atoms with Crippen LogP contribution in [0.5, 0.6) is 0 Å². The molecule has 3 heteroatoms. The van der Waals surface area contributed by atoms with E-state index in [2.05, 4.69) is 11.4 Å². The molecule has 0 unspecified atom stereocenters. The highest BCUT2D eigenvalue weighted by Gasteiger charge is 1.96. The third-order valence-electron chi connectivity index (χ3n) is 2.40. The van der Waals surface area contributed by atoms with Crippen molar-refractivity contribution in [3.63, 3.8) is 0 Å². The Bertz CT molecular complexity index is 541. The summed E-state index contributed by atoms with van der Waals surface area (Å²) < 4.78 is 0. The Morgan fingerprint density at radius 2 is 1.88 bits per heavy atom. The fraction of sp³-hybridized carbons (Fsp3) is 0.0714. The third kappa shape index (κ3) is 3.24. The summed E-state index contributed by atoms with van der Waals surface area (Å²) in [5, 5.41) is 12.8. The topological polar surface area (TPSA) is 35.8 Å². The zero-order valence-corrected chi connectivity index (χ0v) is 9.91. The van der Waals surface area contributed by atoms with Gasteiger partial charge in [0.15, 0.2) is 0 Å². The lowest BCUT2D eigenvalue weighted by molar-refractivity contribution is 1.15. The number of hydrogen-bond donors (Lipinski definition) is 1. The van der Waals surface area contributed by atoms with Gasteiger partial charge >= 0.3 is 0 Å². The van der Waals surface area contributed by atoms with Crippen molar-refractivity contribution in [2.24, 2.45) is 0 Å². The van der Waals surface area contributed by atoms with Crippen LogP contribution < -0.4 is 5.32 Å². The molecule has 0 atom stereocenters. The molecule has 0 heterocycles. The van der Waals surface area contributed by atoms with Crippen molar-refractivity contribution in [1.29, 1.82) is 5.26 Å². The molecule has 0 spiro atoms. The van der Waals surface area contributed by atoms with Gasteiger partial charge in [-0.15, -0.1) is 0 Å². The van der Waals surface area contributed by atoms with Crippen LogP contribution in [0.25, 0.3) is 0 Å². The summed E-state index contributed by atoms with van der Waals surface area (Å²) in [4.78, 5) is 0. The van der Waals surface area contributed by atoms with Crippen molar-refractivity contribution in [2.75, 3.05) is 5.32 Å². The Balaban J connectivity index is 2.02. The number of hydrogen-bond acceptors (Lipinski definition) is 2. The SMILES string of the molecule is N#Cc1cccc(CNc2ccc(Cl)cc2)c1. The predicted molar refractivity (Wildman–Crippen MR) is 69.9 cm³/mol. The summed E-state index contributed by atoms with van der Waals surface area (Å²) >= 11 is 5.80. The minimum Gasteiger partial charge on any atom is -0.381 e. The van der Waals surface area contributed by atoms with Crippen LogP contribution in [0.3, 0.4) is 0 Å². The Labute approximate surface area is 105 Å².